The van der Waals surface area contributed by atoms with E-state index in [1.54, 1.807) is 6.07 Å². The van der Waals surface area contributed by atoms with Crippen LogP contribution in [-0.4, -0.2) is 18.6 Å². The van der Waals surface area contributed by atoms with Crippen molar-refractivity contribution in [2.24, 2.45) is 0 Å². The van der Waals surface area contributed by atoms with Crippen molar-refractivity contribution in [1.29, 1.82) is 0 Å². The van der Waals surface area contributed by atoms with Gasteiger partial charge in [-0.1, -0.05) is 0 Å². The molecule has 2 rings (SSSR count). The highest BCUT2D eigenvalue weighted by molar-refractivity contribution is 7.92. The van der Waals surface area contributed by atoms with Gasteiger partial charge in [0.1, 0.15) is 5.82 Å². The van der Waals surface area contributed by atoms with Crippen LogP contribution in [0.5, 0.6) is 0 Å². The summed E-state index contributed by atoms with van der Waals surface area (Å²) in [7, 11) is -3.65. The fourth-order valence-electron chi connectivity index (χ4n) is 1.52. The Labute approximate surface area is 105 Å². The molecular weight excluding hydrogens is 252 g/mol. The van der Waals surface area contributed by atoms with Crippen LogP contribution in [0.15, 0.2) is 29.3 Å². The predicted molar refractivity (Wildman–Crippen MR) is 69.7 cm³/mol. The van der Waals surface area contributed by atoms with E-state index < -0.39 is 10.0 Å². The van der Waals surface area contributed by atoms with Crippen molar-refractivity contribution < 1.29 is 8.42 Å². The molecule has 0 unspecified atom stereocenters. The largest absolute Gasteiger partial charge is 0.398 e. The maximum atomic E-state index is 12.1. The van der Waals surface area contributed by atoms with Crippen LogP contribution in [-0.2, 0) is 10.0 Å². The van der Waals surface area contributed by atoms with Gasteiger partial charge in [0.15, 0.2) is 0 Å². The minimum Gasteiger partial charge on any atom is -0.398 e. The number of rotatable bonds is 3. The number of hydrogen-bond acceptors (Lipinski definition) is 4. The summed E-state index contributed by atoms with van der Waals surface area (Å²) in [6.45, 7) is 3.67. The van der Waals surface area contributed by atoms with Crippen LogP contribution in [0, 0.1) is 13.8 Å². The number of aromatic amines is 1. The second kappa shape index (κ2) is 4.34. The summed E-state index contributed by atoms with van der Waals surface area (Å²) < 4.78 is 26.6. The Balaban J connectivity index is 2.42. The van der Waals surface area contributed by atoms with Crippen LogP contribution in [0.1, 0.15) is 11.1 Å². The van der Waals surface area contributed by atoms with Crippen LogP contribution in [0.2, 0.25) is 0 Å². The van der Waals surface area contributed by atoms with Crippen molar-refractivity contribution in [2.45, 2.75) is 18.7 Å². The van der Waals surface area contributed by atoms with Crippen molar-refractivity contribution in [3.8, 4) is 0 Å². The summed E-state index contributed by atoms with van der Waals surface area (Å²) in [4.78, 5) is 0.137. The molecule has 0 saturated heterocycles. The van der Waals surface area contributed by atoms with E-state index in [2.05, 4.69) is 14.9 Å². The standard InChI is InChI=1S/C11H14N4O2S/c1-7-5-9(6-10(12)8(7)2)18(16,17)15-11-3-4-13-14-11/h3-6H,12H2,1-2H3,(H2,13,14,15). The lowest BCUT2D eigenvalue weighted by Gasteiger charge is -2.10. The Morgan fingerprint density at radius 1 is 1.33 bits per heavy atom. The lowest BCUT2D eigenvalue weighted by molar-refractivity contribution is 0.601. The molecule has 1 heterocycles. The fourth-order valence-corrected chi connectivity index (χ4v) is 2.66. The average molecular weight is 266 g/mol. The van der Waals surface area contributed by atoms with E-state index in [0.717, 1.165) is 11.1 Å². The second-order valence-electron chi connectivity index (χ2n) is 4.03. The Morgan fingerprint density at radius 2 is 2.06 bits per heavy atom. The summed E-state index contributed by atoms with van der Waals surface area (Å²) in [5.74, 6) is 0.312. The molecular formula is C11H14N4O2S. The first-order chi connectivity index (χ1) is 8.40. The molecule has 0 radical (unpaired) electrons. The third kappa shape index (κ3) is 2.30. The summed E-state index contributed by atoms with van der Waals surface area (Å²) in [6, 6.07) is 4.56. The highest BCUT2D eigenvalue weighted by Crippen LogP contribution is 2.22. The van der Waals surface area contributed by atoms with E-state index in [1.807, 2.05) is 13.8 Å². The van der Waals surface area contributed by atoms with E-state index in [-0.39, 0.29) is 4.90 Å². The zero-order valence-corrected chi connectivity index (χ0v) is 10.9. The molecule has 0 aliphatic rings. The molecule has 2 aromatic rings. The van der Waals surface area contributed by atoms with Gasteiger partial charge >= 0.3 is 0 Å². The van der Waals surface area contributed by atoms with Crippen molar-refractivity contribution in [3.05, 3.63) is 35.5 Å². The number of nitrogens with zero attached hydrogens (tertiary/aromatic N) is 1. The summed E-state index contributed by atoms with van der Waals surface area (Å²) in [6.07, 6.45) is 1.46. The Hall–Kier alpha value is -2.02. The molecule has 0 saturated carbocycles. The third-order valence-electron chi connectivity index (χ3n) is 2.74. The number of hydrogen-bond donors (Lipinski definition) is 3. The number of nitrogen functional groups attached to an aromatic ring is 1. The van der Waals surface area contributed by atoms with Gasteiger partial charge in [0, 0.05) is 11.8 Å². The summed E-state index contributed by atoms with van der Waals surface area (Å²) in [5.41, 5.74) is 7.96. The van der Waals surface area contributed by atoms with E-state index in [9.17, 15) is 8.42 Å². The molecule has 1 aromatic heterocycles. The van der Waals surface area contributed by atoms with E-state index in [4.69, 9.17) is 5.73 Å². The minimum absolute atomic E-state index is 0.137. The zero-order chi connectivity index (χ0) is 13.3. The number of aromatic nitrogens is 2. The number of nitrogens with one attached hydrogen (secondary N) is 2. The van der Waals surface area contributed by atoms with E-state index in [0.29, 0.717) is 11.5 Å². The first-order valence-electron chi connectivity index (χ1n) is 5.29. The second-order valence-corrected chi connectivity index (χ2v) is 5.71. The summed E-state index contributed by atoms with van der Waals surface area (Å²) >= 11 is 0. The van der Waals surface area contributed by atoms with Crippen LogP contribution < -0.4 is 10.5 Å². The van der Waals surface area contributed by atoms with Crippen LogP contribution >= 0.6 is 0 Å². The van der Waals surface area contributed by atoms with Gasteiger partial charge < -0.3 is 5.73 Å². The van der Waals surface area contributed by atoms with Gasteiger partial charge in [-0.2, -0.15) is 5.10 Å². The summed E-state index contributed by atoms with van der Waals surface area (Å²) in [5, 5.41) is 6.20. The van der Waals surface area contributed by atoms with Gasteiger partial charge in [-0.15, -0.1) is 0 Å². The lowest BCUT2D eigenvalue weighted by atomic mass is 10.1. The molecule has 4 N–H and O–H groups in total. The highest BCUT2D eigenvalue weighted by atomic mass is 32.2. The van der Waals surface area contributed by atoms with Crippen molar-refractivity contribution in [2.75, 3.05) is 10.5 Å². The fraction of sp³-hybridized carbons (Fsp3) is 0.182. The van der Waals surface area contributed by atoms with Gasteiger partial charge in [-0.25, -0.2) is 8.42 Å². The van der Waals surface area contributed by atoms with E-state index in [1.165, 1.54) is 18.3 Å². The Morgan fingerprint density at radius 3 is 2.61 bits per heavy atom. The normalized spacial score (nSPS) is 11.4. The molecule has 0 atom stereocenters. The lowest BCUT2D eigenvalue weighted by Crippen LogP contribution is -2.14. The van der Waals surface area contributed by atoms with Gasteiger partial charge in [0.25, 0.3) is 10.0 Å². The number of nitrogens with two attached hydrogens (primary N) is 1. The first-order valence-corrected chi connectivity index (χ1v) is 6.77. The molecule has 96 valence electrons. The van der Waals surface area contributed by atoms with Crippen LogP contribution in [0.4, 0.5) is 11.5 Å². The van der Waals surface area contributed by atoms with Crippen LogP contribution in [0.25, 0.3) is 0 Å². The monoisotopic (exact) mass is 266 g/mol. The highest BCUT2D eigenvalue weighted by Gasteiger charge is 2.16. The average Bonchev–Trinajstić information content (AvgIpc) is 2.77. The maximum absolute atomic E-state index is 12.1. The molecule has 6 nitrogen and oxygen atoms in total. The number of anilines is 2. The molecule has 0 amide bonds. The molecule has 7 heteroatoms. The Kier molecular flexibility index (Phi) is 3.00. The van der Waals surface area contributed by atoms with Gasteiger partial charge in [0.2, 0.25) is 0 Å². The quantitative estimate of drug-likeness (QED) is 0.731. The van der Waals surface area contributed by atoms with Crippen LogP contribution in [0.3, 0.4) is 0 Å². The topological polar surface area (TPSA) is 101 Å². The van der Waals surface area contributed by atoms with Gasteiger partial charge in [-0.3, -0.25) is 9.82 Å². The van der Waals surface area contributed by atoms with Gasteiger partial charge in [0.05, 0.1) is 11.1 Å². The first kappa shape index (κ1) is 12.4. The Bertz CT molecular complexity index is 639. The molecule has 0 bridgehead atoms. The SMILES string of the molecule is Cc1cc(S(=O)(=O)Nc2ccn[nH]2)cc(N)c1C. The molecule has 0 aliphatic heterocycles. The number of aryl methyl sites for hydroxylation is 1. The number of sulfonamides is 1. The molecule has 0 spiro atoms. The molecule has 0 aliphatic carbocycles. The molecule has 18 heavy (non-hydrogen) atoms. The maximum Gasteiger partial charge on any atom is 0.263 e. The number of benzene rings is 1. The zero-order valence-electron chi connectivity index (χ0n) is 10.1. The van der Waals surface area contributed by atoms with Crippen molar-refractivity contribution >= 4 is 21.5 Å². The van der Waals surface area contributed by atoms with Crippen molar-refractivity contribution in [1.82, 2.24) is 10.2 Å². The number of H-pyrrole nitrogens is 1. The van der Waals surface area contributed by atoms with E-state index >= 15 is 0 Å². The molecule has 1 aromatic carbocycles. The van der Waals surface area contributed by atoms with Crippen molar-refractivity contribution in [3.63, 3.8) is 0 Å². The smallest absolute Gasteiger partial charge is 0.263 e. The minimum atomic E-state index is -3.65. The molecule has 0 fully saturated rings. The predicted octanol–water partition coefficient (Wildman–Crippen LogP) is 1.41. The third-order valence-corrected chi connectivity index (χ3v) is 4.08. The van der Waals surface area contributed by atoms with Gasteiger partial charge in [-0.05, 0) is 37.1 Å².